The van der Waals surface area contributed by atoms with Gasteiger partial charge in [-0.1, -0.05) is 129 Å². The van der Waals surface area contributed by atoms with Crippen LogP contribution in [0.15, 0.2) is 127 Å². The number of carbonyl (C=O) groups excluding carboxylic acids is 4. The molecule has 3 heterocycles. The van der Waals surface area contributed by atoms with Crippen molar-refractivity contribution in [2.45, 2.75) is 103 Å². The molecule has 1 unspecified atom stereocenters. The Morgan fingerprint density at radius 2 is 1.06 bits per heavy atom. The number of thiazole rings is 2. The maximum atomic E-state index is 13.0. The molecule has 0 radical (unpaired) electrons. The first-order valence-corrected chi connectivity index (χ1v) is 25.5. The molecule has 6 aromatic rings. The molecule has 4 atom stereocenters. The Bertz CT molecular complexity index is 2190. The van der Waals surface area contributed by atoms with E-state index in [1.807, 2.05) is 122 Å². The van der Waals surface area contributed by atoms with E-state index in [0.717, 1.165) is 45.8 Å². The lowest BCUT2D eigenvalue weighted by molar-refractivity contribution is -0.127. The van der Waals surface area contributed by atoms with Crippen LogP contribution in [0.4, 0.5) is 10.3 Å². The lowest BCUT2D eigenvalue weighted by atomic mass is 10.0. The highest BCUT2D eigenvalue weighted by Crippen LogP contribution is 2.28. The van der Waals surface area contributed by atoms with E-state index in [0.29, 0.717) is 74.7 Å². The minimum absolute atomic E-state index is 0.311. The molecule has 376 valence electrons. The van der Waals surface area contributed by atoms with E-state index in [4.69, 9.17) is 28.7 Å². The van der Waals surface area contributed by atoms with Gasteiger partial charge in [0.1, 0.15) is 12.1 Å². The SMILES string of the molecule is CC.CCCN.NCCCC(N)C(=O)N[C@H](CCc1ccccc1)C(=O)Nc1ncc(-c2cccnc2)s1.NCCC[C@H](N)C(=O)N[C@H](CCc1ccccc1)C(=O)Nc1nc(-c2ccccc2)cs1. The van der Waals surface area contributed by atoms with Gasteiger partial charge in [-0.3, -0.25) is 24.2 Å². The first-order chi connectivity index (χ1) is 34.0. The molecule has 6 rings (SSSR count). The fraction of sp³-hybridized carbons (Fsp3) is 0.365. The molecule has 18 heteroatoms. The zero-order chi connectivity index (χ0) is 50.9. The van der Waals surface area contributed by atoms with Crippen molar-refractivity contribution < 1.29 is 19.2 Å². The average Bonchev–Trinajstić information content (AvgIpc) is 4.09. The summed E-state index contributed by atoms with van der Waals surface area (Å²) in [6.45, 7) is 7.80. The van der Waals surface area contributed by atoms with Gasteiger partial charge >= 0.3 is 0 Å². The van der Waals surface area contributed by atoms with Crippen molar-refractivity contribution in [1.29, 1.82) is 0 Å². The number of carbonyl (C=O) groups is 4. The first-order valence-electron chi connectivity index (χ1n) is 23.8. The number of amides is 4. The fourth-order valence-corrected chi connectivity index (χ4v) is 7.91. The molecule has 0 spiro atoms. The molecule has 3 aromatic heterocycles. The number of pyridine rings is 1. The third kappa shape index (κ3) is 21.6. The van der Waals surface area contributed by atoms with Crippen molar-refractivity contribution >= 4 is 56.6 Å². The second-order valence-electron chi connectivity index (χ2n) is 15.7. The number of nitrogens with one attached hydrogen (secondary N) is 4. The number of hydrogen-bond acceptors (Lipinski definition) is 14. The van der Waals surface area contributed by atoms with Crippen LogP contribution in [0.3, 0.4) is 0 Å². The maximum absolute atomic E-state index is 13.0. The molecule has 0 saturated carbocycles. The van der Waals surface area contributed by atoms with Crippen molar-refractivity contribution in [3.05, 3.63) is 138 Å². The van der Waals surface area contributed by atoms with Gasteiger partial charge in [0.05, 0.1) is 22.7 Å². The van der Waals surface area contributed by atoms with Gasteiger partial charge in [0.25, 0.3) is 0 Å². The highest BCUT2D eigenvalue weighted by atomic mass is 32.1. The minimum Gasteiger partial charge on any atom is -0.343 e. The molecule has 0 aliphatic rings. The van der Waals surface area contributed by atoms with E-state index in [-0.39, 0.29) is 23.6 Å². The van der Waals surface area contributed by atoms with Crippen LogP contribution in [0.2, 0.25) is 0 Å². The number of nitrogens with two attached hydrogens (primary N) is 5. The second-order valence-corrected chi connectivity index (χ2v) is 17.6. The summed E-state index contributed by atoms with van der Waals surface area (Å²) in [6, 6.07) is 30.3. The van der Waals surface area contributed by atoms with E-state index in [2.05, 4.69) is 43.1 Å². The molecule has 0 bridgehead atoms. The van der Waals surface area contributed by atoms with Crippen LogP contribution in [0.1, 0.15) is 76.8 Å². The van der Waals surface area contributed by atoms with Gasteiger partial charge in [0, 0.05) is 35.1 Å². The third-order valence-electron chi connectivity index (χ3n) is 10.3. The Kier molecular flexibility index (Phi) is 28.3. The molecule has 0 saturated heterocycles. The van der Waals surface area contributed by atoms with Crippen LogP contribution >= 0.6 is 22.7 Å². The molecular weight excluding hydrogens is 921 g/mol. The highest BCUT2D eigenvalue weighted by molar-refractivity contribution is 7.19. The van der Waals surface area contributed by atoms with Crippen LogP contribution in [0, 0.1) is 0 Å². The molecule has 16 nitrogen and oxygen atoms in total. The van der Waals surface area contributed by atoms with Crippen LogP contribution in [0.5, 0.6) is 0 Å². The summed E-state index contributed by atoms with van der Waals surface area (Å²) in [6.07, 6.45) is 10.6. The summed E-state index contributed by atoms with van der Waals surface area (Å²) < 4.78 is 0. The van der Waals surface area contributed by atoms with Crippen LogP contribution in [-0.2, 0) is 32.0 Å². The average molecular weight is 993 g/mol. The fourth-order valence-electron chi connectivity index (χ4n) is 6.38. The molecule has 0 aliphatic heterocycles. The number of benzene rings is 3. The Balaban J connectivity index is 0.000000333. The number of aryl methyl sites for hydroxylation is 2. The Labute approximate surface area is 421 Å². The zero-order valence-corrected chi connectivity index (χ0v) is 42.2. The maximum Gasteiger partial charge on any atom is 0.248 e. The Morgan fingerprint density at radius 3 is 1.51 bits per heavy atom. The van der Waals surface area contributed by atoms with Gasteiger partial charge < -0.3 is 49.9 Å². The topological polar surface area (TPSA) is 285 Å². The van der Waals surface area contributed by atoms with Crippen LogP contribution in [-0.4, -0.2) is 82.4 Å². The summed E-state index contributed by atoms with van der Waals surface area (Å²) in [4.78, 5) is 64.9. The molecule has 0 fully saturated rings. The minimum atomic E-state index is -0.739. The standard InChI is InChI=1S/C24H29N5O2S.C23H28N6O2S.C3H9N.C2H6/c25-15-7-12-19(26)22(30)27-20(14-13-17-8-3-1-4-9-17)23(31)29-24-28-21(16-32-24)18-10-5-2-6-11-18;24-12-4-9-18(25)21(30)28-19(11-10-16-6-2-1-3-7-16)22(31)29-23-27-15-20(32-23)17-8-5-13-26-14-17;1-2-3-4;1-2/h1-6,8-11,16,19-20H,7,12-15,25-26H2,(H,27,30)(H,28,29,31);1-3,5-8,13-15,18-19H,4,9-12,24-25H2,(H,28,30)(H,27,29,31);2-4H2,1H3;1-2H3/t19-,20+;18?,19-;;/m01../s1. The number of hydrogen-bond donors (Lipinski definition) is 9. The number of nitrogens with zero attached hydrogens (tertiary/aromatic N) is 3. The summed E-state index contributed by atoms with van der Waals surface area (Å²) >= 11 is 2.69. The van der Waals surface area contributed by atoms with Gasteiger partial charge in [0.2, 0.25) is 23.6 Å². The van der Waals surface area contributed by atoms with E-state index < -0.39 is 24.2 Å². The molecule has 70 heavy (non-hydrogen) atoms. The normalized spacial score (nSPS) is 12.1. The van der Waals surface area contributed by atoms with Crippen molar-refractivity contribution in [2.24, 2.45) is 28.7 Å². The zero-order valence-electron chi connectivity index (χ0n) is 40.6. The van der Waals surface area contributed by atoms with E-state index in [1.54, 1.807) is 18.6 Å². The van der Waals surface area contributed by atoms with Gasteiger partial charge in [-0.25, -0.2) is 9.97 Å². The van der Waals surface area contributed by atoms with Gasteiger partial charge in [-0.05, 0) is 94.6 Å². The predicted molar refractivity (Wildman–Crippen MR) is 287 cm³/mol. The number of anilines is 2. The van der Waals surface area contributed by atoms with Crippen molar-refractivity contribution in [3.8, 4) is 21.7 Å². The van der Waals surface area contributed by atoms with E-state index >= 15 is 0 Å². The Morgan fingerprint density at radius 1 is 0.586 bits per heavy atom. The molecule has 14 N–H and O–H groups in total. The van der Waals surface area contributed by atoms with Gasteiger partial charge in [-0.15, -0.1) is 11.3 Å². The molecule has 4 amide bonds. The Hall–Kier alpha value is -6.25. The van der Waals surface area contributed by atoms with Gasteiger partial charge in [0.15, 0.2) is 10.3 Å². The smallest absolute Gasteiger partial charge is 0.248 e. The lowest BCUT2D eigenvalue weighted by Crippen LogP contribution is -2.50. The lowest BCUT2D eigenvalue weighted by Gasteiger charge is -2.20. The predicted octanol–water partition coefficient (Wildman–Crippen LogP) is 6.64. The second kappa shape index (κ2) is 34.1. The number of rotatable bonds is 23. The van der Waals surface area contributed by atoms with Crippen molar-refractivity contribution in [2.75, 3.05) is 30.3 Å². The third-order valence-corrected chi connectivity index (χ3v) is 12.0. The summed E-state index contributed by atoms with van der Waals surface area (Å²) in [7, 11) is 0. The summed E-state index contributed by atoms with van der Waals surface area (Å²) in [5.41, 5.74) is 32.8. The summed E-state index contributed by atoms with van der Waals surface area (Å²) in [5.74, 6) is -1.35. The van der Waals surface area contributed by atoms with Gasteiger partial charge in [-0.2, -0.15) is 0 Å². The van der Waals surface area contributed by atoms with E-state index in [9.17, 15) is 19.2 Å². The largest absolute Gasteiger partial charge is 0.343 e. The molecule has 0 aliphatic carbocycles. The highest BCUT2D eigenvalue weighted by Gasteiger charge is 2.26. The van der Waals surface area contributed by atoms with Crippen molar-refractivity contribution in [1.82, 2.24) is 25.6 Å². The van der Waals surface area contributed by atoms with Crippen LogP contribution in [0.25, 0.3) is 21.7 Å². The van der Waals surface area contributed by atoms with Crippen molar-refractivity contribution in [3.63, 3.8) is 0 Å². The quantitative estimate of drug-likeness (QED) is 0.0327. The molecule has 3 aromatic carbocycles. The van der Waals surface area contributed by atoms with E-state index in [1.165, 1.54) is 22.7 Å². The first kappa shape index (κ1) is 58.1. The number of aromatic nitrogens is 3. The molecular formula is C52H72N12O4S2. The monoisotopic (exact) mass is 993 g/mol. The summed E-state index contributed by atoms with van der Waals surface area (Å²) in [5, 5.41) is 14.1. The van der Waals surface area contributed by atoms with Crippen LogP contribution < -0.4 is 49.9 Å².